The van der Waals surface area contributed by atoms with Crippen molar-refractivity contribution in [1.29, 1.82) is 0 Å². The van der Waals surface area contributed by atoms with Crippen molar-refractivity contribution >= 4 is 5.82 Å². The number of hydrogen-bond donors (Lipinski definition) is 1. The zero-order chi connectivity index (χ0) is 12.4. The molecule has 0 bridgehead atoms. The van der Waals surface area contributed by atoms with Gasteiger partial charge >= 0.3 is 0 Å². The van der Waals surface area contributed by atoms with Gasteiger partial charge in [0.05, 0.1) is 18.4 Å². The predicted molar refractivity (Wildman–Crippen MR) is 67.9 cm³/mol. The van der Waals surface area contributed by atoms with Crippen LogP contribution in [0, 0.1) is 13.8 Å². The first-order valence-corrected chi connectivity index (χ1v) is 5.87. The molecule has 17 heavy (non-hydrogen) atoms. The third-order valence-electron chi connectivity index (χ3n) is 2.89. The molecule has 2 aromatic rings. The van der Waals surface area contributed by atoms with E-state index in [0.29, 0.717) is 0 Å². The lowest BCUT2D eigenvalue weighted by molar-refractivity contribution is 0.626. The zero-order valence-electron chi connectivity index (χ0n) is 10.9. The fourth-order valence-electron chi connectivity index (χ4n) is 1.96. The Morgan fingerprint density at radius 2 is 2.06 bits per heavy atom. The van der Waals surface area contributed by atoms with Crippen LogP contribution in [0.25, 0.3) is 0 Å². The molecule has 0 aliphatic carbocycles. The van der Waals surface area contributed by atoms with E-state index in [-0.39, 0.29) is 0 Å². The summed E-state index contributed by atoms with van der Waals surface area (Å²) < 4.78 is 3.84. The Morgan fingerprint density at radius 3 is 2.65 bits per heavy atom. The topological polar surface area (TPSA) is 47.7 Å². The van der Waals surface area contributed by atoms with E-state index in [4.69, 9.17) is 0 Å². The number of aromatic nitrogens is 4. The summed E-state index contributed by atoms with van der Waals surface area (Å²) in [7, 11) is 1.93. The molecular formula is C12H19N5. The fourth-order valence-corrected chi connectivity index (χ4v) is 1.96. The monoisotopic (exact) mass is 233 g/mol. The normalized spacial score (nSPS) is 10.8. The SMILES string of the molecule is CCn1ncc(C)c1CNc1nn(C)cc1C. The van der Waals surface area contributed by atoms with Crippen molar-refractivity contribution in [3.8, 4) is 0 Å². The van der Waals surface area contributed by atoms with Crippen LogP contribution in [0.4, 0.5) is 5.82 Å². The highest BCUT2D eigenvalue weighted by Gasteiger charge is 2.08. The Morgan fingerprint density at radius 1 is 1.29 bits per heavy atom. The van der Waals surface area contributed by atoms with Crippen molar-refractivity contribution in [2.75, 3.05) is 5.32 Å². The van der Waals surface area contributed by atoms with Crippen LogP contribution in [0.2, 0.25) is 0 Å². The molecular weight excluding hydrogens is 214 g/mol. The molecule has 0 saturated carbocycles. The maximum absolute atomic E-state index is 4.37. The van der Waals surface area contributed by atoms with E-state index in [2.05, 4.69) is 36.3 Å². The predicted octanol–water partition coefficient (Wildman–Crippen LogP) is 1.87. The molecule has 0 saturated heterocycles. The minimum absolute atomic E-state index is 0.761. The molecule has 0 aliphatic rings. The molecule has 2 rings (SSSR count). The van der Waals surface area contributed by atoms with E-state index < -0.39 is 0 Å². The molecule has 5 nitrogen and oxygen atoms in total. The van der Waals surface area contributed by atoms with Crippen LogP contribution in [0.1, 0.15) is 23.7 Å². The average Bonchev–Trinajstić information content (AvgIpc) is 2.79. The molecule has 92 valence electrons. The highest BCUT2D eigenvalue weighted by Crippen LogP contribution is 2.14. The smallest absolute Gasteiger partial charge is 0.151 e. The van der Waals surface area contributed by atoms with Crippen molar-refractivity contribution in [3.63, 3.8) is 0 Å². The summed E-state index contributed by atoms with van der Waals surface area (Å²) in [5.41, 5.74) is 3.60. The molecule has 2 aromatic heterocycles. The molecule has 0 amide bonds. The van der Waals surface area contributed by atoms with Gasteiger partial charge in [0.15, 0.2) is 5.82 Å². The second-order valence-electron chi connectivity index (χ2n) is 4.28. The van der Waals surface area contributed by atoms with Gasteiger partial charge in [0.2, 0.25) is 0 Å². The van der Waals surface area contributed by atoms with E-state index in [9.17, 15) is 0 Å². The first-order valence-electron chi connectivity index (χ1n) is 5.87. The van der Waals surface area contributed by atoms with Gasteiger partial charge in [0, 0.05) is 25.4 Å². The van der Waals surface area contributed by atoms with Crippen molar-refractivity contribution in [2.24, 2.45) is 7.05 Å². The van der Waals surface area contributed by atoms with Gasteiger partial charge < -0.3 is 5.32 Å². The van der Waals surface area contributed by atoms with Crippen molar-refractivity contribution in [3.05, 3.63) is 29.2 Å². The third kappa shape index (κ3) is 2.33. The number of nitrogens with one attached hydrogen (secondary N) is 1. The van der Waals surface area contributed by atoms with Crippen LogP contribution in [0.5, 0.6) is 0 Å². The Bertz CT molecular complexity index is 509. The van der Waals surface area contributed by atoms with Crippen LogP contribution < -0.4 is 5.32 Å². The first kappa shape index (κ1) is 11.7. The summed E-state index contributed by atoms with van der Waals surface area (Å²) in [6.45, 7) is 7.90. The van der Waals surface area contributed by atoms with Gasteiger partial charge in [-0.3, -0.25) is 9.36 Å². The summed E-state index contributed by atoms with van der Waals surface area (Å²) in [4.78, 5) is 0. The number of nitrogens with zero attached hydrogens (tertiary/aromatic N) is 4. The molecule has 2 heterocycles. The van der Waals surface area contributed by atoms with Gasteiger partial charge in [-0.2, -0.15) is 10.2 Å². The molecule has 0 atom stereocenters. The first-order chi connectivity index (χ1) is 8.11. The number of rotatable bonds is 4. The molecule has 5 heteroatoms. The number of hydrogen-bond acceptors (Lipinski definition) is 3. The standard InChI is InChI=1S/C12H19N5/c1-5-17-11(9(2)6-14-17)7-13-12-10(3)8-16(4)15-12/h6,8H,5,7H2,1-4H3,(H,13,15). The van der Waals surface area contributed by atoms with Gasteiger partial charge in [0.25, 0.3) is 0 Å². The largest absolute Gasteiger partial charge is 0.363 e. The maximum atomic E-state index is 4.37. The summed E-state index contributed by atoms with van der Waals surface area (Å²) in [6, 6.07) is 0. The highest BCUT2D eigenvalue weighted by atomic mass is 15.3. The van der Waals surface area contributed by atoms with Crippen molar-refractivity contribution in [2.45, 2.75) is 33.9 Å². The molecule has 1 N–H and O–H groups in total. The van der Waals surface area contributed by atoms with Crippen molar-refractivity contribution in [1.82, 2.24) is 19.6 Å². The Labute approximate surface area is 101 Å². The lowest BCUT2D eigenvalue weighted by Gasteiger charge is -2.08. The van der Waals surface area contributed by atoms with Crippen LogP contribution in [-0.4, -0.2) is 19.6 Å². The molecule has 0 fully saturated rings. The van der Waals surface area contributed by atoms with E-state index in [1.165, 1.54) is 11.3 Å². The summed E-state index contributed by atoms with van der Waals surface area (Å²) in [5, 5.41) is 12.1. The van der Waals surface area contributed by atoms with Crippen LogP contribution >= 0.6 is 0 Å². The Balaban J connectivity index is 2.12. The third-order valence-corrected chi connectivity index (χ3v) is 2.89. The molecule has 0 radical (unpaired) electrons. The van der Waals surface area contributed by atoms with Crippen LogP contribution in [-0.2, 0) is 20.1 Å². The number of anilines is 1. The minimum Gasteiger partial charge on any atom is -0.363 e. The van der Waals surface area contributed by atoms with E-state index in [1.54, 1.807) is 0 Å². The van der Waals surface area contributed by atoms with E-state index in [0.717, 1.165) is 24.5 Å². The van der Waals surface area contributed by atoms with E-state index in [1.807, 2.05) is 28.8 Å². The molecule has 0 aromatic carbocycles. The van der Waals surface area contributed by atoms with Crippen molar-refractivity contribution < 1.29 is 0 Å². The second kappa shape index (κ2) is 4.61. The number of aryl methyl sites for hydroxylation is 4. The van der Waals surface area contributed by atoms with Gasteiger partial charge in [-0.25, -0.2) is 0 Å². The lowest BCUT2D eigenvalue weighted by Crippen LogP contribution is -2.09. The van der Waals surface area contributed by atoms with Crippen LogP contribution in [0.3, 0.4) is 0 Å². The Hall–Kier alpha value is -1.78. The lowest BCUT2D eigenvalue weighted by atomic mass is 10.2. The van der Waals surface area contributed by atoms with Gasteiger partial charge in [0.1, 0.15) is 0 Å². The highest BCUT2D eigenvalue weighted by molar-refractivity contribution is 5.42. The summed E-state index contributed by atoms with van der Waals surface area (Å²) >= 11 is 0. The zero-order valence-corrected chi connectivity index (χ0v) is 10.9. The minimum atomic E-state index is 0.761. The van der Waals surface area contributed by atoms with E-state index >= 15 is 0 Å². The second-order valence-corrected chi connectivity index (χ2v) is 4.28. The van der Waals surface area contributed by atoms with Gasteiger partial charge in [-0.05, 0) is 26.3 Å². The maximum Gasteiger partial charge on any atom is 0.151 e. The summed E-state index contributed by atoms with van der Waals surface area (Å²) in [5.74, 6) is 0.941. The molecule has 0 aliphatic heterocycles. The summed E-state index contributed by atoms with van der Waals surface area (Å²) in [6.07, 6.45) is 3.91. The average molecular weight is 233 g/mol. The Kier molecular flexibility index (Phi) is 3.17. The molecule has 0 spiro atoms. The van der Waals surface area contributed by atoms with Gasteiger partial charge in [-0.1, -0.05) is 0 Å². The quantitative estimate of drug-likeness (QED) is 0.877. The fraction of sp³-hybridized carbons (Fsp3) is 0.500. The van der Waals surface area contributed by atoms with Gasteiger partial charge in [-0.15, -0.1) is 0 Å². The molecule has 0 unspecified atom stereocenters. The van der Waals surface area contributed by atoms with Crippen LogP contribution in [0.15, 0.2) is 12.4 Å².